The van der Waals surface area contributed by atoms with E-state index in [0.29, 0.717) is 5.69 Å². The maximum absolute atomic E-state index is 12.8. The molecule has 0 radical (unpaired) electrons. The monoisotopic (exact) mass is 268 g/mol. The smallest absolute Gasteiger partial charge is 0.364 e. The summed E-state index contributed by atoms with van der Waals surface area (Å²) < 4.78 is 39.6. The summed E-state index contributed by atoms with van der Waals surface area (Å²) in [5, 5.41) is 0. The Morgan fingerprint density at radius 1 is 1.21 bits per heavy atom. The summed E-state index contributed by atoms with van der Waals surface area (Å²) in [4.78, 5) is 11.3. The molecule has 0 atom stereocenters. The Hall–Kier alpha value is -2.24. The lowest BCUT2D eigenvalue weighted by molar-refractivity contribution is -0.137. The minimum Gasteiger partial charge on any atom is -0.364 e. The molecule has 1 aromatic carbocycles. The number of nitrogens with two attached hydrogens (primary N) is 1. The van der Waals surface area contributed by atoms with Gasteiger partial charge in [-0.1, -0.05) is 18.2 Å². The second-order valence-electron chi connectivity index (χ2n) is 4.10. The highest BCUT2D eigenvalue weighted by Crippen LogP contribution is 2.34. The van der Waals surface area contributed by atoms with E-state index >= 15 is 0 Å². The predicted octanol–water partition coefficient (Wildman–Crippen LogP) is 2.90. The number of rotatable bonds is 2. The molecular formula is C13H11F3N2O. The van der Waals surface area contributed by atoms with Crippen LogP contribution in [0.25, 0.3) is 5.69 Å². The first-order valence-electron chi connectivity index (χ1n) is 5.46. The van der Waals surface area contributed by atoms with Crippen LogP contribution >= 0.6 is 0 Å². The molecule has 0 saturated carbocycles. The standard InChI is InChI=1S/C13H11F3N2O/c1-8-4-2-3-5-10(8)18-7-6-9(13(14,15)16)11(18)12(17)19/h2-7H,1H3,(H2,17,19). The number of carbonyl (C=O) groups excluding carboxylic acids is 1. The number of aryl methyl sites for hydroxylation is 1. The van der Waals surface area contributed by atoms with Crippen molar-refractivity contribution < 1.29 is 18.0 Å². The quantitative estimate of drug-likeness (QED) is 0.894. The number of hydrogen-bond donors (Lipinski definition) is 1. The number of carbonyl (C=O) groups is 1. The van der Waals surface area contributed by atoms with Gasteiger partial charge in [0.05, 0.1) is 5.56 Å². The number of halogens is 3. The highest BCUT2D eigenvalue weighted by Gasteiger charge is 2.37. The Bertz CT molecular complexity index is 629. The number of alkyl halides is 3. The lowest BCUT2D eigenvalue weighted by Crippen LogP contribution is -2.21. The number of para-hydroxylation sites is 1. The molecule has 0 aliphatic carbocycles. The minimum absolute atomic E-state index is 0.492. The van der Waals surface area contributed by atoms with E-state index in [1.807, 2.05) is 0 Å². The molecule has 100 valence electrons. The molecule has 2 aromatic rings. The van der Waals surface area contributed by atoms with E-state index in [9.17, 15) is 18.0 Å². The van der Waals surface area contributed by atoms with Crippen molar-refractivity contribution in [1.82, 2.24) is 4.57 Å². The third kappa shape index (κ3) is 2.33. The zero-order valence-electron chi connectivity index (χ0n) is 10.0. The fourth-order valence-corrected chi connectivity index (χ4v) is 1.95. The van der Waals surface area contributed by atoms with E-state index in [2.05, 4.69) is 0 Å². The van der Waals surface area contributed by atoms with Gasteiger partial charge in [0.15, 0.2) is 0 Å². The zero-order valence-corrected chi connectivity index (χ0v) is 10.0. The lowest BCUT2D eigenvalue weighted by atomic mass is 10.2. The summed E-state index contributed by atoms with van der Waals surface area (Å²) in [7, 11) is 0. The fraction of sp³-hybridized carbons (Fsp3) is 0.154. The number of primary amides is 1. The summed E-state index contributed by atoms with van der Waals surface area (Å²) in [5.41, 5.74) is 4.74. The average molecular weight is 268 g/mol. The molecule has 1 aromatic heterocycles. The van der Waals surface area contributed by atoms with Gasteiger partial charge in [-0.15, -0.1) is 0 Å². The van der Waals surface area contributed by atoms with Crippen LogP contribution in [0.4, 0.5) is 13.2 Å². The highest BCUT2D eigenvalue weighted by atomic mass is 19.4. The molecule has 1 heterocycles. The largest absolute Gasteiger partial charge is 0.418 e. The Morgan fingerprint density at radius 3 is 2.37 bits per heavy atom. The molecule has 19 heavy (non-hydrogen) atoms. The van der Waals surface area contributed by atoms with Crippen LogP contribution in [0.5, 0.6) is 0 Å². The van der Waals surface area contributed by atoms with E-state index in [0.717, 1.165) is 11.6 Å². The molecule has 0 unspecified atom stereocenters. The van der Waals surface area contributed by atoms with Crippen LogP contribution in [-0.2, 0) is 6.18 Å². The molecule has 2 rings (SSSR count). The SMILES string of the molecule is Cc1ccccc1-n1ccc(C(F)(F)F)c1C(N)=O. The van der Waals surface area contributed by atoms with Crippen LogP contribution in [0.3, 0.4) is 0 Å². The van der Waals surface area contributed by atoms with Crippen molar-refractivity contribution in [1.29, 1.82) is 0 Å². The second kappa shape index (κ2) is 4.46. The first-order chi connectivity index (χ1) is 8.82. The molecule has 0 aliphatic rings. The van der Waals surface area contributed by atoms with Crippen molar-refractivity contribution in [3.05, 3.63) is 53.3 Å². The van der Waals surface area contributed by atoms with Gasteiger partial charge >= 0.3 is 6.18 Å². The van der Waals surface area contributed by atoms with Gasteiger partial charge in [0, 0.05) is 11.9 Å². The molecule has 0 aliphatic heterocycles. The predicted molar refractivity (Wildman–Crippen MR) is 64.0 cm³/mol. The summed E-state index contributed by atoms with van der Waals surface area (Å²) in [6, 6.07) is 7.67. The first-order valence-corrected chi connectivity index (χ1v) is 5.46. The molecule has 1 amide bonds. The number of aromatic nitrogens is 1. The van der Waals surface area contributed by atoms with Crippen LogP contribution in [0.15, 0.2) is 36.5 Å². The third-order valence-corrected chi connectivity index (χ3v) is 2.80. The topological polar surface area (TPSA) is 48.0 Å². The van der Waals surface area contributed by atoms with E-state index in [-0.39, 0.29) is 0 Å². The normalized spacial score (nSPS) is 11.6. The van der Waals surface area contributed by atoms with Gasteiger partial charge in [-0.05, 0) is 24.6 Å². The third-order valence-electron chi connectivity index (χ3n) is 2.80. The van der Waals surface area contributed by atoms with Gasteiger partial charge in [-0.25, -0.2) is 0 Å². The second-order valence-corrected chi connectivity index (χ2v) is 4.10. The maximum atomic E-state index is 12.8. The van der Waals surface area contributed by atoms with E-state index in [1.54, 1.807) is 31.2 Å². The Balaban J connectivity index is 2.70. The van der Waals surface area contributed by atoms with E-state index in [4.69, 9.17) is 5.73 Å². The van der Waals surface area contributed by atoms with E-state index < -0.39 is 23.3 Å². The van der Waals surface area contributed by atoms with Gasteiger partial charge < -0.3 is 10.3 Å². The van der Waals surface area contributed by atoms with Crippen LogP contribution < -0.4 is 5.73 Å². The van der Waals surface area contributed by atoms with Crippen LogP contribution in [0.1, 0.15) is 21.6 Å². The van der Waals surface area contributed by atoms with Crippen LogP contribution in [0, 0.1) is 6.92 Å². The van der Waals surface area contributed by atoms with Crippen LogP contribution in [-0.4, -0.2) is 10.5 Å². The molecule has 0 bridgehead atoms. The Labute approximate surface area is 107 Å². The van der Waals surface area contributed by atoms with Crippen molar-refractivity contribution in [2.75, 3.05) is 0 Å². The molecule has 0 fully saturated rings. The molecule has 0 spiro atoms. The highest BCUT2D eigenvalue weighted by molar-refractivity contribution is 5.93. The summed E-state index contributed by atoms with van der Waals surface area (Å²) >= 11 is 0. The zero-order chi connectivity index (χ0) is 14.2. The molecule has 6 heteroatoms. The van der Waals surface area contributed by atoms with Crippen molar-refractivity contribution in [2.45, 2.75) is 13.1 Å². The Morgan fingerprint density at radius 2 is 1.84 bits per heavy atom. The van der Waals surface area contributed by atoms with Gasteiger partial charge in [-0.2, -0.15) is 13.2 Å². The first kappa shape index (κ1) is 13.2. The lowest BCUT2D eigenvalue weighted by Gasteiger charge is -2.12. The number of benzene rings is 1. The van der Waals surface area contributed by atoms with E-state index in [1.165, 1.54) is 10.8 Å². The molecular weight excluding hydrogens is 257 g/mol. The number of hydrogen-bond acceptors (Lipinski definition) is 1. The van der Waals surface area contributed by atoms with Crippen molar-refractivity contribution in [3.63, 3.8) is 0 Å². The average Bonchev–Trinajstić information content (AvgIpc) is 2.73. The van der Waals surface area contributed by atoms with Crippen molar-refractivity contribution in [2.24, 2.45) is 5.73 Å². The minimum atomic E-state index is -4.61. The molecule has 0 saturated heterocycles. The molecule has 3 nitrogen and oxygen atoms in total. The molecule has 2 N–H and O–H groups in total. The summed E-state index contributed by atoms with van der Waals surface area (Å²) in [6.45, 7) is 1.74. The number of amides is 1. The van der Waals surface area contributed by atoms with Crippen molar-refractivity contribution >= 4 is 5.91 Å². The van der Waals surface area contributed by atoms with Gasteiger partial charge in [0.25, 0.3) is 5.91 Å². The Kier molecular flexibility index (Phi) is 3.09. The summed E-state index contributed by atoms with van der Waals surface area (Å²) in [6.07, 6.45) is -3.41. The van der Waals surface area contributed by atoms with Gasteiger partial charge in [-0.3, -0.25) is 4.79 Å². The van der Waals surface area contributed by atoms with Gasteiger partial charge in [0.1, 0.15) is 5.69 Å². The summed E-state index contributed by atoms with van der Waals surface area (Å²) in [5.74, 6) is -1.11. The van der Waals surface area contributed by atoms with Crippen molar-refractivity contribution in [3.8, 4) is 5.69 Å². The van der Waals surface area contributed by atoms with Gasteiger partial charge in [0.2, 0.25) is 0 Å². The maximum Gasteiger partial charge on any atom is 0.418 e. The van der Waals surface area contributed by atoms with Crippen LogP contribution in [0.2, 0.25) is 0 Å². The number of nitrogens with zero attached hydrogens (tertiary/aromatic N) is 1. The fourth-order valence-electron chi connectivity index (χ4n) is 1.95.